The van der Waals surface area contributed by atoms with E-state index < -0.39 is 11.9 Å². The van der Waals surface area contributed by atoms with Crippen LogP contribution in [0.2, 0.25) is 0 Å². The minimum atomic E-state index is -0.912. The lowest BCUT2D eigenvalue weighted by molar-refractivity contribution is -0.138. The molecule has 5 heteroatoms. The lowest BCUT2D eigenvalue weighted by Crippen LogP contribution is -2.10. The Balaban J connectivity index is 3.34. The average molecular weight is 254 g/mol. The highest BCUT2D eigenvalue weighted by Gasteiger charge is 2.22. The van der Waals surface area contributed by atoms with Gasteiger partial charge in [0.15, 0.2) is 11.5 Å². The summed E-state index contributed by atoms with van der Waals surface area (Å²) >= 11 is 0. The third kappa shape index (κ3) is 2.92. The maximum atomic E-state index is 11.1. The van der Waals surface area contributed by atoms with Crippen LogP contribution in [0.15, 0.2) is 12.1 Å². The molecule has 0 aliphatic carbocycles. The molecular formula is C13H18O5. The van der Waals surface area contributed by atoms with E-state index in [9.17, 15) is 4.79 Å². The Labute approximate surface area is 106 Å². The molecule has 1 aromatic carbocycles. The van der Waals surface area contributed by atoms with Gasteiger partial charge in [-0.05, 0) is 24.6 Å². The van der Waals surface area contributed by atoms with E-state index in [0.717, 1.165) is 5.56 Å². The van der Waals surface area contributed by atoms with E-state index in [-0.39, 0.29) is 0 Å². The number of hydrogen-bond donors (Lipinski definition) is 1. The first-order chi connectivity index (χ1) is 8.54. The lowest BCUT2D eigenvalue weighted by Gasteiger charge is -2.17. The van der Waals surface area contributed by atoms with Crippen molar-refractivity contribution in [2.24, 2.45) is 0 Å². The van der Waals surface area contributed by atoms with Gasteiger partial charge in [0.25, 0.3) is 0 Å². The Bertz CT molecular complexity index is 428. The molecule has 0 amide bonds. The standard InChI is InChI=1S/C13H18O5/c1-8(13(14)15)10-5-9(7-16-2)6-11(17-3)12(10)18-4/h5-6,8H,7H2,1-4H3,(H,14,15). The van der Waals surface area contributed by atoms with Crippen LogP contribution >= 0.6 is 0 Å². The summed E-state index contributed by atoms with van der Waals surface area (Å²) in [7, 11) is 4.59. The maximum Gasteiger partial charge on any atom is 0.310 e. The van der Waals surface area contributed by atoms with Crippen LogP contribution in [0, 0.1) is 0 Å². The molecule has 1 atom stereocenters. The summed E-state index contributed by atoms with van der Waals surface area (Å²) in [4.78, 5) is 11.1. The molecule has 1 N–H and O–H groups in total. The van der Waals surface area contributed by atoms with Crippen LogP contribution < -0.4 is 9.47 Å². The van der Waals surface area contributed by atoms with Crippen LogP contribution in [0.3, 0.4) is 0 Å². The van der Waals surface area contributed by atoms with Crippen molar-refractivity contribution in [2.45, 2.75) is 19.4 Å². The molecule has 0 heterocycles. The highest BCUT2D eigenvalue weighted by molar-refractivity contribution is 5.77. The van der Waals surface area contributed by atoms with E-state index >= 15 is 0 Å². The van der Waals surface area contributed by atoms with Gasteiger partial charge < -0.3 is 19.3 Å². The molecule has 0 aromatic heterocycles. The van der Waals surface area contributed by atoms with Gasteiger partial charge in [-0.1, -0.05) is 0 Å². The predicted molar refractivity (Wildman–Crippen MR) is 66.3 cm³/mol. The molecule has 0 aliphatic rings. The Morgan fingerprint density at radius 1 is 1.28 bits per heavy atom. The molecule has 18 heavy (non-hydrogen) atoms. The van der Waals surface area contributed by atoms with Gasteiger partial charge in [0.2, 0.25) is 0 Å². The summed E-state index contributed by atoms with van der Waals surface area (Å²) < 4.78 is 15.5. The second-order valence-corrected chi connectivity index (χ2v) is 3.91. The highest BCUT2D eigenvalue weighted by Crippen LogP contribution is 2.37. The van der Waals surface area contributed by atoms with Gasteiger partial charge in [0.1, 0.15) is 0 Å². The van der Waals surface area contributed by atoms with Gasteiger partial charge in [0, 0.05) is 12.7 Å². The van der Waals surface area contributed by atoms with Crippen molar-refractivity contribution >= 4 is 5.97 Å². The summed E-state index contributed by atoms with van der Waals surface area (Å²) in [5.41, 5.74) is 1.43. The van der Waals surface area contributed by atoms with E-state index in [2.05, 4.69) is 0 Å². The first-order valence-corrected chi connectivity index (χ1v) is 5.51. The molecular weight excluding hydrogens is 236 g/mol. The summed E-state index contributed by atoms with van der Waals surface area (Å²) in [5.74, 6) is -0.627. The van der Waals surface area contributed by atoms with Crippen LogP contribution in [-0.2, 0) is 16.1 Å². The molecule has 1 aromatic rings. The summed E-state index contributed by atoms with van der Waals surface area (Å²) in [6.45, 7) is 2.00. The topological polar surface area (TPSA) is 65.0 Å². The molecule has 0 saturated heterocycles. The van der Waals surface area contributed by atoms with E-state index in [4.69, 9.17) is 19.3 Å². The molecule has 0 bridgehead atoms. The fourth-order valence-corrected chi connectivity index (χ4v) is 1.76. The molecule has 0 spiro atoms. The average Bonchev–Trinajstić information content (AvgIpc) is 2.36. The predicted octanol–water partition coefficient (Wildman–Crippen LogP) is 2.04. The smallest absolute Gasteiger partial charge is 0.310 e. The highest BCUT2D eigenvalue weighted by atomic mass is 16.5. The monoisotopic (exact) mass is 254 g/mol. The van der Waals surface area contributed by atoms with Crippen LogP contribution in [-0.4, -0.2) is 32.4 Å². The summed E-state index contributed by atoms with van der Waals surface area (Å²) in [6.07, 6.45) is 0. The van der Waals surface area contributed by atoms with Gasteiger partial charge in [-0.25, -0.2) is 0 Å². The van der Waals surface area contributed by atoms with Gasteiger partial charge in [0.05, 0.1) is 26.7 Å². The van der Waals surface area contributed by atoms with Crippen molar-refractivity contribution in [3.8, 4) is 11.5 Å². The van der Waals surface area contributed by atoms with Crippen molar-refractivity contribution in [1.29, 1.82) is 0 Å². The van der Waals surface area contributed by atoms with E-state index in [1.54, 1.807) is 26.2 Å². The Morgan fingerprint density at radius 3 is 2.39 bits per heavy atom. The quantitative estimate of drug-likeness (QED) is 0.841. The van der Waals surface area contributed by atoms with Crippen molar-refractivity contribution in [3.63, 3.8) is 0 Å². The van der Waals surface area contributed by atoms with E-state index in [1.165, 1.54) is 14.2 Å². The third-order valence-corrected chi connectivity index (χ3v) is 2.72. The second kappa shape index (κ2) is 6.26. The fourth-order valence-electron chi connectivity index (χ4n) is 1.76. The summed E-state index contributed by atoms with van der Waals surface area (Å²) in [5, 5.41) is 9.11. The first-order valence-electron chi connectivity index (χ1n) is 5.51. The molecule has 0 aliphatic heterocycles. The maximum absolute atomic E-state index is 11.1. The number of aliphatic carboxylic acids is 1. The number of benzene rings is 1. The molecule has 5 nitrogen and oxygen atoms in total. The summed E-state index contributed by atoms with van der Waals surface area (Å²) in [6, 6.07) is 3.55. The zero-order chi connectivity index (χ0) is 13.7. The fraction of sp³-hybridized carbons (Fsp3) is 0.462. The minimum absolute atomic E-state index is 0.389. The van der Waals surface area contributed by atoms with Crippen LogP contribution in [0.1, 0.15) is 24.0 Å². The Kier molecular flexibility index (Phi) is 4.97. The molecule has 100 valence electrons. The van der Waals surface area contributed by atoms with Crippen molar-refractivity contribution < 1.29 is 24.1 Å². The largest absolute Gasteiger partial charge is 0.493 e. The zero-order valence-corrected chi connectivity index (χ0v) is 11.0. The Hall–Kier alpha value is -1.75. The zero-order valence-electron chi connectivity index (χ0n) is 11.0. The molecule has 1 rings (SSSR count). The molecule has 0 saturated carbocycles. The van der Waals surface area contributed by atoms with Gasteiger partial charge in [-0.3, -0.25) is 4.79 Å². The van der Waals surface area contributed by atoms with Crippen molar-refractivity contribution in [3.05, 3.63) is 23.3 Å². The number of ether oxygens (including phenoxy) is 3. The van der Waals surface area contributed by atoms with Crippen LogP contribution in [0.4, 0.5) is 0 Å². The van der Waals surface area contributed by atoms with E-state index in [0.29, 0.717) is 23.7 Å². The van der Waals surface area contributed by atoms with Gasteiger partial charge in [-0.2, -0.15) is 0 Å². The number of rotatable bonds is 6. The van der Waals surface area contributed by atoms with E-state index in [1.807, 2.05) is 0 Å². The molecule has 0 fully saturated rings. The lowest BCUT2D eigenvalue weighted by atomic mass is 9.97. The third-order valence-electron chi connectivity index (χ3n) is 2.72. The number of carboxylic acids is 1. The van der Waals surface area contributed by atoms with Crippen LogP contribution in [0.25, 0.3) is 0 Å². The first kappa shape index (κ1) is 14.3. The number of carbonyl (C=O) groups is 1. The van der Waals surface area contributed by atoms with Crippen molar-refractivity contribution in [1.82, 2.24) is 0 Å². The number of hydrogen-bond acceptors (Lipinski definition) is 4. The SMILES string of the molecule is COCc1cc(OC)c(OC)c(C(C)C(=O)O)c1. The molecule has 0 radical (unpaired) electrons. The minimum Gasteiger partial charge on any atom is -0.493 e. The Morgan fingerprint density at radius 2 is 1.94 bits per heavy atom. The molecule has 1 unspecified atom stereocenters. The number of carboxylic acid groups (broad SMARTS) is 1. The second-order valence-electron chi connectivity index (χ2n) is 3.91. The normalized spacial score (nSPS) is 12.0. The van der Waals surface area contributed by atoms with Gasteiger partial charge in [-0.15, -0.1) is 0 Å². The van der Waals surface area contributed by atoms with Gasteiger partial charge >= 0.3 is 5.97 Å². The van der Waals surface area contributed by atoms with Crippen LogP contribution in [0.5, 0.6) is 11.5 Å². The number of methoxy groups -OCH3 is 3. The van der Waals surface area contributed by atoms with Crippen molar-refractivity contribution in [2.75, 3.05) is 21.3 Å².